The summed E-state index contributed by atoms with van der Waals surface area (Å²) in [5, 5.41) is 13.7. The summed E-state index contributed by atoms with van der Waals surface area (Å²) in [5.74, 6) is 1.91. The number of rotatable bonds is 3. The Morgan fingerprint density at radius 1 is 1.17 bits per heavy atom. The van der Waals surface area contributed by atoms with Crippen LogP contribution in [0.25, 0.3) is 28.3 Å². The van der Waals surface area contributed by atoms with Gasteiger partial charge in [-0.05, 0) is 18.2 Å². The number of hydrogen-bond acceptors (Lipinski definition) is 6. The molecule has 24 heavy (non-hydrogen) atoms. The van der Waals surface area contributed by atoms with Gasteiger partial charge < -0.3 is 4.42 Å². The van der Waals surface area contributed by atoms with Crippen molar-refractivity contribution in [3.05, 3.63) is 48.9 Å². The van der Waals surface area contributed by atoms with Crippen molar-refractivity contribution in [2.24, 2.45) is 7.05 Å². The first-order valence-corrected chi connectivity index (χ1v) is 7.37. The molecular weight excluding hydrogens is 308 g/mol. The highest BCUT2D eigenvalue weighted by Crippen LogP contribution is 2.22. The van der Waals surface area contributed by atoms with E-state index in [2.05, 4.69) is 25.3 Å². The molecule has 5 heterocycles. The maximum Gasteiger partial charge on any atom is 0.217 e. The molecule has 0 aliphatic rings. The fourth-order valence-electron chi connectivity index (χ4n) is 2.68. The number of aromatic nitrogens is 8. The molecule has 0 saturated heterocycles. The summed E-state index contributed by atoms with van der Waals surface area (Å²) in [5.41, 5.74) is 1.47. The molecule has 118 valence electrons. The Bertz CT molecular complexity index is 1150. The van der Waals surface area contributed by atoms with Crippen LogP contribution in [0.5, 0.6) is 0 Å². The molecule has 0 spiro atoms. The second-order valence-electron chi connectivity index (χ2n) is 5.42. The third-order valence-electron chi connectivity index (χ3n) is 3.83. The van der Waals surface area contributed by atoms with Gasteiger partial charge in [0.15, 0.2) is 17.1 Å². The Labute approximate surface area is 135 Å². The summed E-state index contributed by atoms with van der Waals surface area (Å²) in [6.07, 6.45) is 6.99. The zero-order valence-corrected chi connectivity index (χ0v) is 12.7. The minimum absolute atomic E-state index is 0.514. The van der Waals surface area contributed by atoms with Gasteiger partial charge in [0.2, 0.25) is 5.82 Å². The highest BCUT2D eigenvalue weighted by Gasteiger charge is 2.15. The average Bonchev–Trinajstić information content (AvgIpc) is 3.33. The first-order valence-electron chi connectivity index (χ1n) is 7.37. The van der Waals surface area contributed by atoms with Crippen molar-refractivity contribution in [1.82, 2.24) is 39.1 Å². The van der Waals surface area contributed by atoms with Crippen LogP contribution in [0.15, 0.2) is 47.5 Å². The molecule has 9 heteroatoms. The minimum Gasteiger partial charge on any atom is -0.456 e. The van der Waals surface area contributed by atoms with E-state index in [1.807, 2.05) is 31.4 Å². The van der Waals surface area contributed by atoms with E-state index in [-0.39, 0.29) is 0 Å². The predicted molar refractivity (Wildman–Crippen MR) is 84.1 cm³/mol. The molecule has 0 radical (unpaired) electrons. The van der Waals surface area contributed by atoms with Gasteiger partial charge >= 0.3 is 0 Å². The average molecular weight is 320 g/mol. The molecule has 0 unspecified atom stereocenters. The van der Waals surface area contributed by atoms with Crippen LogP contribution in [0.3, 0.4) is 0 Å². The Balaban J connectivity index is 1.57. The zero-order chi connectivity index (χ0) is 16.1. The van der Waals surface area contributed by atoms with Gasteiger partial charge in [0.25, 0.3) is 0 Å². The fourth-order valence-corrected chi connectivity index (χ4v) is 2.68. The van der Waals surface area contributed by atoms with Crippen LogP contribution in [-0.2, 0) is 13.6 Å². The van der Waals surface area contributed by atoms with E-state index >= 15 is 0 Å². The Hall–Kier alpha value is -3.49. The normalized spacial score (nSPS) is 11.7. The third kappa shape index (κ3) is 1.91. The van der Waals surface area contributed by atoms with Gasteiger partial charge in [-0.1, -0.05) is 0 Å². The molecule has 0 aliphatic heterocycles. The molecule has 0 atom stereocenters. The van der Waals surface area contributed by atoms with E-state index < -0.39 is 0 Å². The molecule has 0 fully saturated rings. The molecule has 5 aromatic heterocycles. The van der Waals surface area contributed by atoms with Crippen molar-refractivity contribution < 1.29 is 4.42 Å². The van der Waals surface area contributed by atoms with Gasteiger partial charge in [-0.2, -0.15) is 10.2 Å². The number of fused-ring (bicyclic) bond motifs is 3. The first-order chi connectivity index (χ1) is 11.8. The van der Waals surface area contributed by atoms with Gasteiger partial charge in [-0.25, -0.2) is 14.5 Å². The van der Waals surface area contributed by atoms with E-state index in [0.29, 0.717) is 23.8 Å². The van der Waals surface area contributed by atoms with E-state index in [1.165, 1.54) is 0 Å². The van der Waals surface area contributed by atoms with Crippen LogP contribution in [0.1, 0.15) is 5.76 Å². The Morgan fingerprint density at radius 2 is 2.12 bits per heavy atom. The molecule has 9 nitrogen and oxygen atoms in total. The maximum absolute atomic E-state index is 5.85. The summed E-state index contributed by atoms with van der Waals surface area (Å²) >= 11 is 0. The second-order valence-corrected chi connectivity index (χ2v) is 5.42. The molecule has 5 aromatic rings. The van der Waals surface area contributed by atoms with Crippen molar-refractivity contribution >= 4 is 16.7 Å². The van der Waals surface area contributed by atoms with Gasteiger partial charge in [0.05, 0.1) is 18.1 Å². The number of furan rings is 1. The molecule has 0 amide bonds. The smallest absolute Gasteiger partial charge is 0.217 e. The largest absolute Gasteiger partial charge is 0.456 e. The van der Waals surface area contributed by atoms with E-state index in [9.17, 15) is 0 Å². The van der Waals surface area contributed by atoms with Crippen molar-refractivity contribution in [2.45, 2.75) is 6.54 Å². The quantitative estimate of drug-likeness (QED) is 0.500. The number of aryl methyl sites for hydroxylation is 1. The van der Waals surface area contributed by atoms with Gasteiger partial charge in [0.1, 0.15) is 12.1 Å². The summed E-state index contributed by atoms with van der Waals surface area (Å²) in [7, 11) is 1.84. The van der Waals surface area contributed by atoms with E-state index in [1.54, 1.807) is 32.6 Å². The standard InChI is InChI=1S/C15H12N8O/c1-21-14-11(7-18-21)15-19-13(20-23(15)9-16-14)12-4-3-10(24-12)8-22-6-2-5-17-22/h2-7,9H,8H2,1H3. The second kappa shape index (κ2) is 4.75. The van der Waals surface area contributed by atoms with Gasteiger partial charge in [-0.15, -0.1) is 5.10 Å². The molecule has 0 bridgehead atoms. The van der Waals surface area contributed by atoms with Crippen molar-refractivity contribution in [3.8, 4) is 11.6 Å². The SMILES string of the molecule is Cn1ncc2c1ncn1nc(-c3ccc(Cn4cccn4)o3)nc21. The lowest BCUT2D eigenvalue weighted by Gasteiger charge is -1.96. The third-order valence-corrected chi connectivity index (χ3v) is 3.83. The Kier molecular flexibility index (Phi) is 2.57. The van der Waals surface area contributed by atoms with Crippen LogP contribution >= 0.6 is 0 Å². The first kappa shape index (κ1) is 13.0. The lowest BCUT2D eigenvalue weighted by atomic mass is 10.4. The predicted octanol–water partition coefficient (Wildman–Crippen LogP) is 1.52. The summed E-state index contributed by atoms with van der Waals surface area (Å²) in [6, 6.07) is 5.64. The van der Waals surface area contributed by atoms with Gasteiger partial charge in [-0.3, -0.25) is 9.36 Å². The molecule has 0 aliphatic carbocycles. The lowest BCUT2D eigenvalue weighted by molar-refractivity contribution is 0.487. The summed E-state index contributed by atoms with van der Waals surface area (Å²) in [4.78, 5) is 8.93. The number of nitrogens with zero attached hydrogens (tertiary/aromatic N) is 8. The van der Waals surface area contributed by atoms with Gasteiger partial charge in [0, 0.05) is 19.4 Å². The molecule has 5 rings (SSSR count). The highest BCUT2D eigenvalue weighted by molar-refractivity contribution is 5.88. The minimum atomic E-state index is 0.514. The highest BCUT2D eigenvalue weighted by atomic mass is 16.3. The Morgan fingerprint density at radius 3 is 3.00 bits per heavy atom. The molecular formula is C15H12N8O. The fraction of sp³-hybridized carbons (Fsp3) is 0.133. The molecule has 0 saturated carbocycles. The molecule has 0 aromatic carbocycles. The maximum atomic E-state index is 5.85. The summed E-state index contributed by atoms with van der Waals surface area (Å²) < 4.78 is 11.0. The molecule has 0 N–H and O–H groups in total. The van der Waals surface area contributed by atoms with Crippen molar-refractivity contribution in [3.63, 3.8) is 0 Å². The van der Waals surface area contributed by atoms with E-state index in [4.69, 9.17) is 4.42 Å². The topological polar surface area (TPSA) is 91.9 Å². The zero-order valence-electron chi connectivity index (χ0n) is 12.7. The lowest BCUT2D eigenvalue weighted by Crippen LogP contribution is -1.97. The number of hydrogen-bond donors (Lipinski definition) is 0. The summed E-state index contributed by atoms with van der Waals surface area (Å²) in [6.45, 7) is 0.564. The monoisotopic (exact) mass is 320 g/mol. The van der Waals surface area contributed by atoms with Crippen LogP contribution < -0.4 is 0 Å². The van der Waals surface area contributed by atoms with Crippen LogP contribution in [0, 0.1) is 0 Å². The van der Waals surface area contributed by atoms with Crippen molar-refractivity contribution in [1.29, 1.82) is 0 Å². The van der Waals surface area contributed by atoms with Crippen molar-refractivity contribution in [2.75, 3.05) is 0 Å². The van der Waals surface area contributed by atoms with Crippen LogP contribution in [-0.4, -0.2) is 39.1 Å². The van der Waals surface area contributed by atoms with E-state index in [0.717, 1.165) is 16.8 Å². The van der Waals surface area contributed by atoms with Crippen LogP contribution in [0.2, 0.25) is 0 Å². The van der Waals surface area contributed by atoms with Crippen LogP contribution in [0.4, 0.5) is 0 Å².